The Balaban J connectivity index is 3.10. The van der Waals surface area contributed by atoms with Crippen molar-refractivity contribution in [2.45, 2.75) is 6.92 Å². The van der Waals surface area contributed by atoms with Gasteiger partial charge in [-0.05, 0) is 31.9 Å². The molecule has 0 amide bonds. The maximum Gasteiger partial charge on any atom is 0.261 e. The molecule has 0 saturated carbocycles. The van der Waals surface area contributed by atoms with E-state index in [4.69, 9.17) is 0 Å². The summed E-state index contributed by atoms with van der Waals surface area (Å²) >= 11 is 0. The first-order valence-electron chi connectivity index (χ1n) is 5.33. The van der Waals surface area contributed by atoms with Crippen LogP contribution in [0.2, 0.25) is 0 Å². The van der Waals surface area contributed by atoms with E-state index in [1.54, 1.807) is 26.4 Å². The molecule has 0 bridgehead atoms. The fraction of sp³-hybridized carbons (Fsp3) is 0.333. The largest absolute Gasteiger partial charge is 0.319 e. The van der Waals surface area contributed by atoms with Crippen molar-refractivity contribution in [2.24, 2.45) is 7.05 Å². The second kappa shape index (κ2) is 3.81. The molecule has 0 atom stereocenters. The quantitative estimate of drug-likeness (QED) is 0.720. The first-order valence-corrected chi connectivity index (χ1v) is 7.93. The van der Waals surface area contributed by atoms with Gasteiger partial charge in [0.2, 0.25) is 0 Å². The van der Waals surface area contributed by atoms with Crippen LogP contribution in [0.5, 0.6) is 0 Å². The smallest absolute Gasteiger partial charge is 0.261 e. The van der Waals surface area contributed by atoms with Crippen molar-refractivity contribution in [2.75, 3.05) is 13.3 Å². The van der Waals surface area contributed by atoms with Crippen LogP contribution in [0.3, 0.4) is 0 Å². The Hall–Kier alpha value is -1.41. The van der Waals surface area contributed by atoms with Crippen molar-refractivity contribution in [3.8, 4) is 0 Å². The van der Waals surface area contributed by atoms with Gasteiger partial charge in [-0.3, -0.25) is 4.79 Å². The molecule has 2 aromatic rings. The van der Waals surface area contributed by atoms with Crippen LogP contribution in [0.15, 0.2) is 23.3 Å². The molecule has 90 valence electrons. The van der Waals surface area contributed by atoms with Crippen molar-refractivity contribution in [3.63, 3.8) is 0 Å². The van der Waals surface area contributed by atoms with Gasteiger partial charge < -0.3 is 9.13 Å². The molecular weight excluding hydrogens is 235 g/mol. The lowest BCUT2D eigenvalue weighted by molar-refractivity contribution is 0.588. The number of hydrogen-bond acceptors (Lipinski definition) is 3. The predicted octanol–water partition coefficient (Wildman–Crippen LogP) is 1.49. The van der Waals surface area contributed by atoms with Crippen LogP contribution in [0.1, 0.15) is 5.56 Å². The van der Waals surface area contributed by atoms with Gasteiger partial charge >= 0.3 is 0 Å². The zero-order valence-electron chi connectivity index (χ0n) is 10.4. The van der Waals surface area contributed by atoms with E-state index in [-0.39, 0.29) is 5.56 Å². The summed E-state index contributed by atoms with van der Waals surface area (Å²) in [6.07, 6.45) is 1.49. The van der Waals surface area contributed by atoms with Crippen molar-refractivity contribution >= 4 is 23.3 Å². The lowest BCUT2D eigenvalue weighted by atomic mass is 10.1. The molecule has 0 fully saturated rings. The minimum Gasteiger partial charge on any atom is -0.319 e. The molecule has 5 heteroatoms. The average Bonchev–Trinajstić information content (AvgIpc) is 2.22. The third kappa shape index (κ3) is 1.93. The third-order valence-electron chi connectivity index (χ3n) is 2.80. The van der Waals surface area contributed by atoms with Crippen molar-refractivity contribution in [1.29, 1.82) is 0 Å². The lowest BCUT2D eigenvalue weighted by Gasteiger charge is -2.13. The molecule has 0 aliphatic carbocycles. The van der Waals surface area contributed by atoms with E-state index in [1.165, 1.54) is 10.9 Å². The second-order valence-electron chi connectivity index (χ2n) is 4.64. The van der Waals surface area contributed by atoms with Gasteiger partial charge in [-0.1, -0.05) is 6.07 Å². The maximum atomic E-state index is 12.3. The molecule has 0 aliphatic heterocycles. The van der Waals surface area contributed by atoms with Crippen molar-refractivity contribution < 1.29 is 4.57 Å². The van der Waals surface area contributed by atoms with Crippen LogP contribution in [-0.4, -0.2) is 22.9 Å². The van der Waals surface area contributed by atoms with E-state index < -0.39 is 7.14 Å². The number of aromatic nitrogens is 2. The summed E-state index contributed by atoms with van der Waals surface area (Å²) in [5.74, 6) is 0. The van der Waals surface area contributed by atoms with E-state index >= 15 is 0 Å². The SMILES string of the molecule is Cc1ccc2ncn(C)c(=O)c2c1P(C)(C)=O. The summed E-state index contributed by atoms with van der Waals surface area (Å²) in [6, 6.07) is 3.66. The highest BCUT2D eigenvalue weighted by molar-refractivity contribution is 7.70. The molecule has 0 saturated heterocycles. The van der Waals surface area contributed by atoms with E-state index in [9.17, 15) is 9.36 Å². The Labute approximate surface area is 99.7 Å². The first kappa shape index (κ1) is 12.1. The van der Waals surface area contributed by atoms with E-state index in [0.717, 1.165) is 5.56 Å². The molecule has 4 nitrogen and oxygen atoms in total. The van der Waals surface area contributed by atoms with Crippen LogP contribution < -0.4 is 10.9 Å². The summed E-state index contributed by atoms with van der Waals surface area (Å²) in [4.78, 5) is 16.3. The number of nitrogens with zero attached hydrogens (tertiary/aromatic N) is 2. The highest BCUT2D eigenvalue weighted by Crippen LogP contribution is 2.37. The zero-order chi connectivity index (χ0) is 12.8. The zero-order valence-corrected chi connectivity index (χ0v) is 11.3. The van der Waals surface area contributed by atoms with Crippen molar-refractivity contribution in [3.05, 3.63) is 34.4 Å². The number of fused-ring (bicyclic) bond motifs is 1. The fourth-order valence-electron chi connectivity index (χ4n) is 2.07. The Morgan fingerprint density at radius 2 is 1.94 bits per heavy atom. The van der Waals surface area contributed by atoms with Crippen LogP contribution in [0.4, 0.5) is 0 Å². The standard InChI is InChI=1S/C12H15N2O2P/c1-8-5-6-9-10(11(8)17(3,4)16)12(15)14(2)7-13-9/h5-7H,1-4H3. The Morgan fingerprint density at radius 1 is 1.29 bits per heavy atom. The van der Waals surface area contributed by atoms with Gasteiger partial charge in [0.05, 0.1) is 17.2 Å². The Morgan fingerprint density at radius 3 is 2.53 bits per heavy atom. The average molecular weight is 250 g/mol. The minimum atomic E-state index is -2.50. The highest BCUT2D eigenvalue weighted by Gasteiger charge is 2.20. The van der Waals surface area contributed by atoms with Crippen LogP contribution in [-0.2, 0) is 11.6 Å². The molecule has 1 aromatic carbocycles. The van der Waals surface area contributed by atoms with Gasteiger partial charge in [-0.2, -0.15) is 0 Å². The third-order valence-corrected chi connectivity index (χ3v) is 4.45. The monoisotopic (exact) mass is 250 g/mol. The van der Waals surface area contributed by atoms with Gasteiger partial charge in [0.25, 0.3) is 5.56 Å². The second-order valence-corrected chi connectivity index (χ2v) is 7.79. The Kier molecular flexibility index (Phi) is 2.70. The lowest BCUT2D eigenvalue weighted by Crippen LogP contribution is -2.24. The van der Waals surface area contributed by atoms with Crippen LogP contribution >= 0.6 is 7.14 Å². The number of hydrogen-bond donors (Lipinski definition) is 0. The maximum absolute atomic E-state index is 12.3. The van der Waals surface area contributed by atoms with E-state index in [1.807, 2.05) is 13.0 Å². The van der Waals surface area contributed by atoms with E-state index in [2.05, 4.69) is 4.98 Å². The van der Waals surface area contributed by atoms with Crippen LogP contribution in [0.25, 0.3) is 10.9 Å². The Bertz CT molecular complexity index is 692. The van der Waals surface area contributed by atoms with Gasteiger partial charge in [-0.25, -0.2) is 4.98 Å². The van der Waals surface area contributed by atoms with Gasteiger partial charge in [-0.15, -0.1) is 0 Å². The van der Waals surface area contributed by atoms with E-state index in [0.29, 0.717) is 16.2 Å². The van der Waals surface area contributed by atoms with Gasteiger partial charge in [0, 0.05) is 12.4 Å². The highest BCUT2D eigenvalue weighted by atomic mass is 31.2. The summed E-state index contributed by atoms with van der Waals surface area (Å²) in [5.41, 5.74) is 1.35. The number of benzene rings is 1. The molecule has 0 spiro atoms. The van der Waals surface area contributed by atoms with Crippen LogP contribution in [0, 0.1) is 6.92 Å². The molecular formula is C12H15N2O2P. The summed E-state index contributed by atoms with van der Waals surface area (Å²) in [5, 5.41) is 1.15. The molecule has 1 heterocycles. The summed E-state index contributed by atoms with van der Waals surface area (Å²) < 4.78 is 13.8. The molecule has 0 N–H and O–H groups in total. The van der Waals surface area contributed by atoms with Gasteiger partial charge in [0.15, 0.2) is 0 Å². The predicted molar refractivity (Wildman–Crippen MR) is 70.8 cm³/mol. The first-order chi connectivity index (χ1) is 7.82. The molecule has 1 aromatic heterocycles. The van der Waals surface area contributed by atoms with Crippen molar-refractivity contribution in [1.82, 2.24) is 9.55 Å². The molecule has 0 aliphatic rings. The number of rotatable bonds is 1. The number of aryl methyl sites for hydroxylation is 2. The molecule has 0 radical (unpaired) electrons. The molecule has 0 unspecified atom stereocenters. The van der Waals surface area contributed by atoms with Gasteiger partial charge in [0.1, 0.15) is 7.14 Å². The molecule has 2 rings (SSSR count). The summed E-state index contributed by atoms with van der Waals surface area (Å²) in [7, 11) is -0.851. The topological polar surface area (TPSA) is 52.0 Å². The normalized spacial score (nSPS) is 12.0. The molecule has 17 heavy (non-hydrogen) atoms. The fourth-order valence-corrected chi connectivity index (χ4v) is 3.75. The minimum absolute atomic E-state index is 0.141. The summed E-state index contributed by atoms with van der Waals surface area (Å²) in [6.45, 7) is 5.24.